The third kappa shape index (κ3) is 3.48. The van der Waals surface area contributed by atoms with Crippen LogP contribution in [0.15, 0.2) is 58.7 Å². The van der Waals surface area contributed by atoms with Crippen molar-refractivity contribution in [2.75, 3.05) is 6.79 Å². The topological polar surface area (TPSA) is 99.5 Å². The molecule has 5 rings (SSSR count). The van der Waals surface area contributed by atoms with E-state index in [4.69, 9.17) is 43.1 Å². The minimum absolute atomic E-state index is 0.0769. The lowest BCUT2D eigenvalue weighted by molar-refractivity contribution is 0.174. The molecule has 2 aliphatic rings. The molecule has 9 heteroatoms. The number of nitriles is 1. The first kappa shape index (κ1) is 21.3. The van der Waals surface area contributed by atoms with E-state index >= 15 is 0 Å². The van der Waals surface area contributed by atoms with Crippen LogP contribution in [0.3, 0.4) is 0 Å². The molecule has 3 heterocycles. The molecule has 0 radical (unpaired) electrons. The molecular weight excluding hydrogens is 465 g/mol. The molecule has 0 spiro atoms. The minimum Gasteiger partial charge on any atom is -0.454 e. The number of aryl methyl sites for hydroxylation is 1. The van der Waals surface area contributed by atoms with Crippen molar-refractivity contribution in [2.24, 2.45) is 5.73 Å². The second-order valence-corrected chi connectivity index (χ2v) is 8.52. The second kappa shape index (κ2) is 8.07. The minimum atomic E-state index is -0.865. The molecule has 3 aromatic rings. The number of halogens is 2. The SMILES string of the molecule is Cc1cc2c(c(=O)n1Cc1ccc3c(c1)OCO3)[C@@H](c1c(Cl)cccc1Cl)C(C#N)=C(N)O2. The summed E-state index contributed by atoms with van der Waals surface area (Å²) in [7, 11) is 0. The van der Waals surface area contributed by atoms with Gasteiger partial charge in [0, 0.05) is 27.4 Å². The molecule has 1 atom stereocenters. The van der Waals surface area contributed by atoms with Gasteiger partial charge in [0.2, 0.25) is 12.7 Å². The van der Waals surface area contributed by atoms with E-state index in [1.165, 1.54) is 0 Å². The molecule has 2 aromatic carbocycles. The summed E-state index contributed by atoms with van der Waals surface area (Å²) < 4.78 is 18.1. The molecule has 7 nitrogen and oxygen atoms in total. The zero-order valence-electron chi connectivity index (χ0n) is 17.4. The third-order valence-electron chi connectivity index (χ3n) is 5.76. The highest BCUT2D eigenvalue weighted by molar-refractivity contribution is 6.36. The van der Waals surface area contributed by atoms with Crippen LogP contribution in [0.25, 0.3) is 0 Å². The molecular formula is C24H17Cl2N3O4. The lowest BCUT2D eigenvalue weighted by Crippen LogP contribution is -2.33. The highest BCUT2D eigenvalue weighted by Crippen LogP contribution is 2.45. The van der Waals surface area contributed by atoms with Crippen molar-refractivity contribution < 1.29 is 14.2 Å². The number of allylic oxidation sites excluding steroid dienone is 1. The number of rotatable bonds is 3. The van der Waals surface area contributed by atoms with Gasteiger partial charge in [0.05, 0.1) is 18.0 Å². The predicted molar refractivity (Wildman–Crippen MR) is 123 cm³/mol. The molecule has 0 unspecified atom stereocenters. The van der Waals surface area contributed by atoms with Crippen molar-refractivity contribution in [1.82, 2.24) is 4.57 Å². The van der Waals surface area contributed by atoms with Crippen LogP contribution in [0.2, 0.25) is 10.0 Å². The summed E-state index contributed by atoms with van der Waals surface area (Å²) in [5.41, 5.74) is 8.00. The summed E-state index contributed by atoms with van der Waals surface area (Å²) in [5, 5.41) is 10.5. The summed E-state index contributed by atoms with van der Waals surface area (Å²) in [6.07, 6.45) is 0. The van der Waals surface area contributed by atoms with Crippen molar-refractivity contribution >= 4 is 23.2 Å². The zero-order chi connectivity index (χ0) is 23.3. The van der Waals surface area contributed by atoms with Crippen LogP contribution < -0.4 is 25.5 Å². The molecule has 2 aliphatic heterocycles. The van der Waals surface area contributed by atoms with Crippen LogP contribution in [0, 0.1) is 18.3 Å². The number of pyridine rings is 1. The molecule has 0 saturated carbocycles. The maximum absolute atomic E-state index is 13.8. The first-order valence-corrected chi connectivity index (χ1v) is 10.8. The Morgan fingerprint density at radius 3 is 2.55 bits per heavy atom. The van der Waals surface area contributed by atoms with Gasteiger partial charge in [-0.05, 0) is 36.8 Å². The highest BCUT2D eigenvalue weighted by Gasteiger charge is 2.36. The molecule has 0 saturated heterocycles. The lowest BCUT2D eigenvalue weighted by atomic mass is 9.84. The van der Waals surface area contributed by atoms with Crippen molar-refractivity contribution in [2.45, 2.75) is 19.4 Å². The third-order valence-corrected chi connectivity index (χ3v) is 6.42. The van der Waals surface area contributed by atoms with Crippen molar-refractivity contribution in [3.63, 3.8) is 0 Å². The van der Waals surface area contributed by atoms with Crippen LogP contribution in [0.1, 0.15) is 28.3 Å². The predicted octanol–water partition coefficient (Wildman–Crippen LogP) is 4.46. The van der Waals surface area contributed by atoms with Gasteiger partial charge in [-0.15, -0.1) is 0 Å². The Morgan fingerprint density at radius 2 is 1.82 bits per heavy atom. The number of benzene rings is 2. The monoisotopic (exact) mass is 481 g/mol. The van der Waals surface area contributed by atoms with Crippen LogP contribution in [-0.4, -0.2) is 11.4 Å². The number of hydrogen-bond donors (Lipinski definition) is 1. The number of nitrogens with zero attached hydrogens (tertiary/aromatic N) is 2. The van der Waals surface area contributed by atoms with Crippen molar-refractivity contribution in [3.8, 4) is 23.3 Å². The quantitative estimate of drug-likeness (QED) is 0.592. The Hall–Kier alpha value is -3.60. The first-order chi connectivity index (χ1) is 15.9. The van der Waals surface area contributed by atoms with Crippen molar-refractivity contribution in [1.29, 1.82) is 5.26 Å². The van der Waals surface area contributed by atoms with E-state index < -0.39 is 5.92 Å². The van der Waals surface area contributed by atoms with E-state index in [0.29, 0.717) is 32.8 Å². The van der Waals surface area contributed by atoms with Crippen molar-refractivity contribution in [3.05, 3.63) is 96.7 Å². The molecule has 2 N–H and O–H groups in total. The number of hydrogen-bond acceptors (Lipinski definition) is 6. The summed E-state index contributed by atoms with van der Waals surface area (Å²) in [5.74, 6) is 0.614. The van der Waals surface area contributed by atoms with Crippen LogP contribution >= 0.6 is 23.2 Å². The molecule has 0 aliphatic carbocycles. The molecule has 0 fully saturated rings. The van der Waals surface area contributed by atoms with Gasteiger partial charge in [-0.1, -0.05) is 35.3 Å². The van der Waals surface area contributed by atoms with Crippen LogP contribution in [-0.2, 0) is 6.54 Å². The van der Waals surface area contributed by atoms with Gasteiger partial charge >= 0.3 is 0 Å². The summed E-state index contributed by atoms with van der Waals surface area (Å²) in [6.45, 7) is 2.24. The normalized spacial score (nSPS) is 16.2. The molecule has 33 heavy (non-hydrogen) atoms. The number of fused-ring (bicyclic) bond motifs is 2. The Morgan fingerprint density at radius 1 is 1.09 bits per heavy atom. The number of ether oxygens (including phenoxy) is 3. The van der Waals surface area contributed by atoms with E-state index in [1.54, 1.807) is 35.8 Å². The molecule has 0 bridgehead atoms. The maximum Gasteiger partial charge on any atom is 0.259 e. The van der Waals surface area contributed by atoms with Crippen LogP contribution in [0.5, 0.6) is 17.2 Å². The summed E-state index contributed by atoms with van der Waals surface area (Å²) in [4.78, 5) is 13.8. The first-order valence-electron chi connectivity index (χ1n) is 10.0. The van der Waals surface area contributed by atoms with E-state index in [-0.39, 0.29) is 41.7 Å². The standard InChI is InChI=1S/C24H17Cl2N3O4/c1-12-7-19-22(24(30)29(12)10-13-5-6-17-18(8-13)32-11-31-17)20(14(9-27)23(28)33-19)21-15(25)3-2-4-16(21)26/h2-8,20H,10-11,28H2,1H3/t20-/m1/s1. The smallest absolute Gasteiger partial charge is 0.259 e. The van der Waals surface area contributed by atoms with E-state index in [0.717, 1.165) is 5.56 Å². The van der Waals surface area contributed by atoms with Gasteiger partial charge < -0.3 is 24.5 Å². The largest absolute Gasteiger partial charge is 0.454 e. The molecule has 0 amide bonds. The van der Waals surface area contributed by atoms with Gasteiger partial charge in [-0.3, -0.25) is 4.79 Å². The molecule has 1 aromatic heterocycles. The maximum atomic E-state index is 13.8. The summed E-state index contributed by atoms with van der Waals surface area (Å²) in [6, 6.07) is 14.3. The van der Waals surface area contributed by atoms with Gasteiger partial charge in [0.15, 0.2) is 11.5 Å². The number of nitrogens with two attached hydrogens (primary N) is 1. The van der Waals surface area contributed by atoms with Gasteiger partial charge in [0.1, 0.15) is 17.4 Å². The van der Waals surface area contributed by atoms with Gasteiger partial charge in [-0.25, -0.2) is 0 Å². The fourth-order valence-corrected chi connectivity index (χ4v) is 4.80. The van der Waals surface area contributed by atoms with E-state index in [2.05, 4.69) is 6.07 Å². The fourth-order valence-electron chi connectivity index (χ4n) is 4.18. The Bertz CT molecular complexity index is 1420. The van der Waals surface area contributed by atoms with E-state index in [1.807, 2.05) is 18.2 Å². The molecule has 166 valence electrons. The average molecular weight is 482 g/mol. The Labute approximate surface area is 199 Å². The highest BCUT2D eigenvalue weighted by atomic mass is 35.5. The summed E-state index contributed by atoms with van der Waals surface area (Å²) >= 11 is 12.9. The number of aromatic nitrogens is 1. The Kier molecular flexibility index (Phi) is 5.20. The van der Waals surface area contributed by atoms with Gasteiger partial charge in [-0.2, -0.15) is 5.26 Å². The fraction of sp³-hybridized carbons (Fsp3) is 0.167. The lowest BCUT2D eigenvalue weighted by Gasteiger charge is -2.28. The van der Waals surface area contributed by atoms with Gasteiger partial charge in [0.25, 0.3) is 5.56 Å². The second-order valence-electron chi connectivity index (χ2n) is 7.70. The van der Waals surface area contributed by atoms with E-state index in [9.17, 15) is 10.1 Å². The van der Waals surface area contributed by atoms with Crippen LogP contribution in [0.4, 0.5) is 0 Å². The zero-order valence-corrected chi connectivity index (χ0v) is 18.9. The Balaban J connectivity index is 1.69. The average Bonchev–Trinajstić information content (AvgIpc) is 3.24.